The number of Topliss-reactive ketones (excluding diaryl/α,β-unsaturated/α-hetero) is 1. The fraction of sp³-hybridized carbons (Fsp3) is 0.850. The Morgan fingerprint density at radius 1 is 1.12 bits per heavy atom. The van der Waals surface area contributed by atoms with Crippen molar-refractivity contribution in [2.45, 2.75) is 83.7 Å². The highest BCUT2D eigenvalue weighted by Gasteiger charge is 2.71. The number of hydrogen-bond acceptors (Lipinski definition) is 4. The van der Waals surface area contributed by atoms with E-state index < -0.39 is 28.3 Å². The zero-order valence-electron chi connectivity index (χ0n) is 16.1. The first kappa shape index (κ1) is 20.9. The Kier molecular flexibility index (Phi) is 4.83. The second-order valence-corrected chi connectivity index (χ2v) is 9.69. The lowest BCUT2D eigenvalue weighted by Gasteiger charge is -2.67. The Labute approximate surface area is 157 Å². The molecule has 144 valence electrons. The van der Waals surface area contributed by atoms with E-state index in [1.54, 1.807) is 6.08 Å². The number of carbonyl (C=O) groups is 1. The molecule has 0 radical (unpaired) electrons. The largest absolute Gasteiger partial charge is 0.365 e. The molecule has 5 heteroatoms. The minimum atomic E-state index is -1.85. The van der Waals surface area contributed by atoms with Crippen molar-refractivity contribution in [1.82, 2.24) is 0 Å². The van der Waals surface area contributed by atoms with E-state index in [1.165, 1.54) is 0 Å². The molecule has 3 fully saturated rings. The highest BCUT2D eigenvalue weighted by atomic mass is 35.5. The topological polar surface area (TPSA) is 66.8 Å². The van der Waals surface area contributed by atoms with Crippen LogP contribution in [0.5, 0.6) is 0 Å². The molecule has 0 spiro atoms. The van der Waals surface area contributed by atoms with Gasteiger partial charge in [0.25, 0.3) is 0 Å². The van der Waals surface area contributed by atoms with E-state index in [0.717, 1.165) is 19.3 Å². The van der Waals surface area contributed by atoms with Crippen LogP contribution in [-0.4, -0.2) is 33.0 Å². The Bertz CT molecular complexity index is 586. The Morgan fingerprint density at radius 2 is 1.72 bits per heavy atom. The van der Waals surface area contributed by atoms with E-state index in [0.29, 0.717) is 6.42 Å². The van der Waals surface area contributed by atoms with Crippen LogP contribution >= 0.6 is 12.4 Å². The smallest absolute Gasteiger partial charge is 0.169 e. The molecule has 2 saturated carbocycles. The molecule has 25 heavy (non-hydrogen) atoms. The first-order chi connectivity index (χ1) is 10.8. The number of rotatable bonds is 1. The molecule has 2 N–H and O–H groups in total. The average molecular weight is 373 g/mol. The van der Waals surface area contributed by atoms with Gasteiger partial charge in [0.2, 0.25) is 0 Å². The predicted molar refractivity (Wildman–Crippen MR) is 99.5 cm³/mol. The van der Waals surface area contributed by atoms with Gasteiger partial charge in [-0.15, -0.1) is 19.0 Å². The van der Waals surface area contributed by atoms with Gasteiger partial charge in [0.05, 0.1) is 17.1 Å². The van der Waals surface area contributed by atoms with Gasteiger partial charge in [-0.1, -0.05) is 26.8 Å². The number of aliphatic hydroxyl groups is 2. The summed E-state index contributed by atoms with van der Waals surface area (Å²) in [6.45, 7) is 14.0. The summed E-state index contributed by atoms with van der Waals surface area (Å²) < 4.78 is 6.40. The van der Waals surface area contributed by atoms with Crippen LogP contribution in [0, 0.1) is 22.7 Å². The standard InChI is InChI=1S/C20H32O4.ClH/c1-7-17(4)12-13(21)15-18(5,24-17)9-8-14-16(2,3)10-11-20(22,23)19(14,15)6;/h7,14-15,22-23H,1,8-12H2,2-6H3;1H/t14-,15-,17-,18+,19-;/m0./s1. The lowest BCUT2D eigenvalue weighted by molar-refractivity contribution is -0.345. The first-order valence-corrected chi connectivity index (χ1v) is 9.13. The lowest BCUT2D eigenvalue weighted by Crippen LogP contribution is -2.72. The maximum absolute atomic E-state index is 13.2. The molecule has 0 amide bonds. The summed E-state index contributed by atoms with van der Waals surface area (Å²) in [5, 5.41) is 21.9. The van der Waals surface area contributed by atoms with Crippen molar-refractivity contribution in [3.8, 4) is 0 Å². The van der Waals surface area contributed by atoms with Gasteiger partial charge in [0.1, 0.15) is 5.78 Å². The molecular weight excluding hydrogens is 340 g/mol. The zero-order chi connectivity index (χ0) is 18.2. The molecule has 3 aliphatic rings. The molecule has 0 unspecified atom stereocenters. The highest BCUT2D eigenvalue weighted by Crippen LogP contribution is 2.67. The van der Waals surface area contributed by atoms with E-state index in [4.69, 9.17) is 4.74 Å². The van der Waals surface area contributed by atoms with Crippen molar-refractivity contribution < 1.29 is 19.7 Å². The molecule has 1 saturated heterocycles. The average Bonchev–Trinajstić information content (AvgIpc) is 2.42. The summed E-state index contributed by atoms with van der Waals surface area (Å²) in [6.07, 6.45) is 4.59. The van der Waals surface area contributed by atoms with E-state index in [2.05, 4.69) is 20.4 Å². The molecule has 5 atom stereocenters. The summed E-state index contributed by atoms with van der Waals surface area (Å²) in [5.41, 5.74) is -2.29. The minimum absolute atomic E-state index is 0. The van der Waals surface area contributed by atoms with E-state index in [-0.39, 0.29) is 35.9 Å². The summed E-state index contributed by atoms with van der Waals surface area (Å²) in [6, 6.07) is 0. The maximum Gasteiger partial charge on any atom is 0.169 e. The zero-order valence-corrected chi connectivity index (χ0v) is 16.9. The first-order valence-electron chi connectivity index (χ1n) is 9.13. The van der Waals surface area contributed by atoms with E-state index in [9.17, 15) is 15.0 Å². The fourth-order valence-electron chi connectivity index (χ4n) is 6.28. The third-order valence-corrected chi connectivity index (χ3v) is 7.53. The molecule has 1 heterocycles. The fourth-order valence-corrected chi connectivity index (χ4v) is 6.28. The summed E-state index contributed by atoms with van der Waals surface area (Å²) in [5.74, 6) is -2.21. The van der Waals surface area contributed by atoms with Gasteiger partial charge >= 0.3 is 0 Å². The summed E-state index contributed by atoms with van der Waals surface area (Å²) >= 11 is 0. The summed E-state index contributed by atoms with van der Waals surface area (Å²) in [4.78, 5) is 13.2. The van der Waals surface area contributed by atoms with Gasteiger partial charge in [-0.05, 0) is 44.4 Å². The van der Waals surface area contributed by atoms with Crippen molar-refractivity contribution in [2.75, 3.05) is 0 Å². The SMILES string of the molecule is C=C[C@@]1(C)CC(=O)[C@@H]2[C@]3(C)[C@@H](CC[C@@]2(C)O1)C(C)(C)CCC3(O)O.Cl. The second kappa shape index (κ2) is 5.79. The Morgan fingerprint density at radius 3 is 2.28 bits per heavy atom. The van der Waals surface area contributed by atoms with Crippen molar-refractivity contribution >= 4 is 18.2 Å². The number of halogens is 1. The van der Waals surface area contributed by atoms with E-state index in [1.807, 2.05) is 20.8 Å². The molecule has 0 bridgehead atoms. The number of ether oxygens (including phenoxy) is 1. The highest BCUT2D eigenvalue weighted by molar-refractivity contribution is 5.86. The second-order valence-electron chi connectivity index (χ2n) is 9.69. The molecule has 0 aromatic rings. The molecule has 0 aromatic heterocycles. The number of ketones is 1. The van der Waals surface area contributed by atoms with Crippen LogP contribution < -0.4 is 0 Å². The van der Waals surface area contributed by atoms with Gasteiger partial charge in [-0.25, -0.2) is 0 Å². The van der Waals surface area contributed by atoms with Crippen LogP contribution in [0.3, 0.4) is 0 Å². The van der Waals surface area contributed by atoms with Gasteiger partial charge < -0.3 is 14.9 Å². The number of hydrogen-bond donors (Lipinski definition) is 2. The molecular formula is C20H33ClO4. The Balaban J connectivity index is 0.00000225. The lowest BCUT2D eigenvalue weighted by atomic mass is 9.42. The van der Waals surface area contributed by atoms with Crippen LogP contribution in [0.25, 0.3) is 0 Å². The van der Waals surface area contributed by atoms with Gasteiger partial charge in [-0.3, -0.25) is 4.79 Å². The van der Waals surface area contributed by atoms with Crippen LogP contribution in [0.15, 0.2) is 12.7 Å². The number of fused-ring (bicyclic) bond motifs is 3. The van der Waals surface area contributed by atoms with Crippen molar-refractivity contribution in [3.63, 3.8) is 0 Å². The monoisotopic (exact) mass is 372 g/mol. The van der Waals surface area contributed by atoms with Crippen molar-refractivity contribution in [2.24, 2.45) is 22.7 Å². The summed E-state index contributed by atoms with van der Waals surface area (Å²) in [7, 11) is 0. The molecule has 4 nitrogen and oxygen atoms in total. The van der Waals surface area contributed by atoms with Crippen molar-refractivity contribution in [1.29, 1.82) is 0 Å². The minimum Gasteiger partial charge on any atom is -0.365 e. The molecule has 2 aliphatic carbocycles. The molecule has 0 aromatic carbocycles. The maximum atomic E-state index is 13.2. The van der Waals surface area contributed by atoms with Crippen LogP contribution in [0.2, 0.25) is 0 Å². The van der Waals surface area contributed by atoms with Crippen LogP contribution in [0.1, 0.15) is 66.7 Å². The third-order valence-electron chi connectivity index (χ3n) is 7.53. The van der Waals surface area contributed by atoms with Gasteiger partial charge in [0.15, 0.2) is 5.79 Å². The normalized spacial score (nSPS) is 47.9. The van der Waals surface area contributed by atoms with Gasteiger partial charge in [0, 0.05) is 18.3 Å². The molecule has 3 rings (SSSR count). The molecule has 1 aliphatic heterocycles. The number of carbonyl (C=O) groups excluding carboxylic acids is 1. The van der Waals surface area contributed by atoms with Crippen LogP contribution in [-0.2, 0) is 9.53 Å². The van der Waals surface area contributed by atoms with Crippen molar-refractivity contribution in [3.05, 3.63) is 12.7 Å². The predicted octanol–water partition coefficient (Wildman–Crippen LogP) is 3.63. The van der Waals surface area contributed by atoms with E-state index >= 15 is 0 Å². The quantitative estimate of drug-likeness (QED) is 0.544. The Hall–Kier alpha value is -0.420. The van der Waals surface area contributed by atoms with Gasteiger partial charge in [-0.2, -0.15) is 0 Å². The van der Waals surface area contributed by atoms with Crippen LogP contribution in [0.4, 0.5) is 0 Å². The third kappa shape index (κ3) is 2.72.